The van der Waals surface area contributed by atoms with Gasteiger partial charge in [-0.25, -0.2) is 0 Å². The molecule has 0 radical (unpaired) electrons. The molecule has 0 fully saturated rings. The second-order valence-corrected chi connectivity index (χ2v) is 2.91. The van der Waals surface area contributed by atoms with Gasteiger partial charge in [0, 0.05) is 18.1 Å². The van der Waals surface area contributed by atoms with Gasteiger partial charge >= 0.3 is 0 Å². The molecule has 4 nitrogen and oxygen atoms in total. The van der Waals surface area contributed by atoms with Crippen molar-refractivity contribution in [3.8, 4) is 0 Å². The Morgan fingerprint density at radius 1 is 1.43 bits per heavy atom. The van der Waals surface area contributed by atoms with Crippen LogP contribution in [0.2, 0.25) is 0 Å². The van der Waals surface area contributed by atoms with Gasteiger partial charge in [-0.3, -0.25) is 14.9 Å². The smallest absolute Gasteiger partial charge is 0.171 e. The van der Waals surface area contributed by atoms with E-state index >= 15 is 0 Å². The lowest BCUT2D eigenvalue weighted by Gasteiger charge is -1.96. The van der Waals surface area contributed by atoms with E-state index in [1.807, 2.05) is 18.2 Å². The third-order valence-corrected chi connectivity index (χ3v) is 1.89. The summed E-state index contributed by atoms with van der Waals surface area (Å²) in [4.78, 5) is 15.7. The Balaban J connectivity index is 2.10. The van der Waals surface area contributed by atoms with Gasteiger partial charge in [0.25, 0.3) is 0 Å². The molecule has 0 amide bonds. The molecule has 14 heavy (non-hydrogen) atoms. The number of hydrogen-bond acceptors (Lipinski definition) is 3. The summed E-state index contributed by atoms with van der Waals surface area (Å²) in [7, 11) is 0. The molecule has 0 aliphatic heterocycles. The number of nitrogens with one attached hydrogen (secondary N) is 1. The fourth-order valence-corrected chi connectivity index (χ4v) is 1.17. The number of aromatic nitrogens is 3. The number of nitrogens with zero attached hydrogens (tertiary/aromatic N) is 2. The number of carbonyl (C=O) groups excluding carboxylic acids is 1. The summed E-state index contributed by atoms with van der Waals surface area (Å²) in [5.41, 5.74) is 1.37. The van der Waals surface area contributed by atoms with Crippen molar-refractivity contribution >= 4 is 5.78 Å². The molecule has 0 unspecified atom stereocenters. The predicted molar refractivity (Wildman–Crippen MR) is 50.9 cm³/mol. The van der Waals surface area contributed by atoms with Crippen LogP contribution in [0.25, 0.3) is 0 Å². The Hall–Kier alpha value is -1.97. The quantitative estimate of drug-likeness (QED) is 0.735. The van der Waals surface area contributed by atoms with Crippen molar-refractivity contribution in [2.45, 2.75) is 6.42 Å². The van der Waals surface area contributed by atoms with E-state index in [9.17, 15) is 4.79 Å². The van der Waals surface area contributed by atoms with Crippen LogP contribution in [0.15, 0.2) is 36.8 Å². The molecule has 0 atom stereocenters. The lowest BCUT2D eigenvalue weighted by molar-refractivity contribution is 0.0992. The van der Waals surface area contributed by atoms with Crippen LogP contribution in [0.1, 0.15) is 16.1 Å². The Kier molecular flexibility index (Phi) is 2.36. The Bertz CT molecular complexity index is 408. The minimum atomic E-state index is 0.0254. The van der Waals surface area contributed by atoms with Gasteiger partial charge in [-0.1, -0.05) is 6.07 Å². The first-order valence-electron chi connectivity index (χ1n) is 4.28. The number of pyridine rings is 1. The Morgan fingerprint density at radius 3 is 3.00 bits per heavy atom. The van der Waals surface area contributed by atoms with E-state index in [4.69, 9.17) is 0 Å². The number of ketones is 1. The van der Waals surface area contributed by atoms with Crippen LogP contribution in [0.4, 0.5) is 0 Å². The number of H-pyrrole nitrogens is 1. The summed E-state index contributed by atoms with van der Waals surface area (Å²) >= 11 is 0. The normalized spacial score (nSPS) is 10.0. The fraction of sp³-hybridized carbons (Fsp3) is 0.100. The maximum Gasteiger partial charge on any atom is 0.171 e. The van der Waals surface area contributed by atoms with Gasteiger partial charge in [-0.15, -0.1) is 0 Å². The summed E-state index contributed by atoms with van der Waals surface area (Å²) in [6.45, 7) is 0. The van der Waals surface area contributed by atoms with Crippen molar-refractivity contribution in [1.82, 2.24) is 15.2 Å². The van der Waals surface area contributed by atoms with E-state index in [0.29, 0.717) is 12.0 Å². The molecule has 0 aromatic carbocycles. The summed E-state index contributed by atoms with van der Waals surface area (Å²) in [6.07, 6.45) is 5.11. The van der Waals surface area contributed by atoms with Crippen molar-refractivity contribution in [1.29, 1.82) is 0 Å². The molecule has 0 saturated carbocycles. The van der Waals surface area contributed by atoms with E-state index in [1.54, 1.807) is 12.4 Å². The summed E-state index contributed by atoms with van der Waals surface area (Å²) < 4.78 is 0. The predicted octanol–water partition coefficient (Wildman–Crippen LogP) is 1.23. The number of rotatable bonds is 3. The zero-order valence-electron chi connectivity index (χ0n) is 7.47. The molecule has 0 bridgehead atoms. The van der Waals surface area contributed by atoms with Crippen LogP contribution in [0, 0.1) is 0 Å². The second-order valence-electron chi connectivity index (χ2n) is 2.91. The van der Waals surface area contributed by atoms with Gasteiger partial charge in [0.15, 0.2) is 5.78 Å². The molecule has 2 heterocycles. The fourth-order valence-electron chi connectivity index (χ4n) is 1.17. The topological polar surface area (TPSA) is 58.6 Å². The number of Topliss-reactive ketones (excluding diaryl/α,β-unsaturated/α-hetero) is 1. The molecule has 70 valence electrons. The first-order valence-corrected chi connectivity index (χ1v) is 4.28. The molecule has 1 N–H and O–H groups in total. The molecule has 0 aliphatic carbocycles. The van der Waals surface area contributed by atoms with Gasteiger partial charge < -0.3 is 0 Å². The largest absolute Gasteiger partial charge is 0.294 e. The third kappa shape index (κ3) is 1.85. The molecule has 0 spiro atoms. The molecule has 0 saturated heterocycles. The first kappa shape index (κ1) is 8.62. The average molecular weight is 187 g/mol. The molecule has 2 rings (SSSR count). The third-order valence-electron chi connectivity index (χ3n) is 1.89. The monoisotopic (exact) mass is 187 g/mol. The second kappa shape index (κ2) is 3.83. The number of aromatic amines is 1. The molecular weight excluding hydrogens is 178 g/mol. The van der Waals surface area contributed by atoms with E-state index in [0.717, 1.165) is 5.69 Å². The van der Waals surface area contributed by atoms with E-state index in [1.165, 1.54) is 6.20 Å². The summed E-state index contributed by atoms with van der Waals surface area (Å²) in [5, 5.41) is 6.32. The first-order chi connectivity index (χ1) is 6.86. The lowest BCUT2D eigenvalue weighted by Crippen LogP contribution is -2.03. The van der Waals surface area contributed by atoms with Crippen molar-refractivity contribution in [3.63, 3.8) is 0 Å². The molecule has 2 aromatic rings. The molecule has 2 aromatic heterocycles. The van der Waals surface area contributed by atoms with E-state index < -0.39 is 0 Å². The summed E-state index contributed by atoms with van der Waals surface area (Å²) in [5.74, 6) is 0.0254. The van der Waals surface area contributed by atoms with Crippen molar-refractivity contribution in [3.05, 3.63) is 48.0 Å². The van der Waals surface area contributed by atoms with Crippen LogP contribution in [-0.4, -0.2) is 21.0 Å². The SMILES string of the molecule is O=C(Cc1ccccn1)c1cn[nH]c1. The summed E-state index contributed by atoms with van der Waals surface area (Å²) in [6, 6.07) is 5.52. The highest BCUT2D eigenvalue weighted by molar-refractivity contribution is 5.96. The zero-order chi connectivity index (χ0) is 9.80. The zero-order valence-corrected chi connectivity index (χ0v) is 7.47. The van der Waals surface area contributed by atoms with Crippen molar-refractivity contribution < 1.29 is 4.79 Å². The lowest BCUT2D eigenvalue weighted by atomic mass is 10.1. The Labute approximate surface area is 81.0 Å². The van der Waals surface area contributed by atoms with Gasteiger partial charge in [0.1, 0.15) is 0 Å². The number of hydrogen-bond donors (Lipinski definition) is 1. The minimum absolute atomic E-state index is 0.0254. The molecule has 4 heteroatoms. The van der Waals surface area contributed by atoms with Crippen LogP contribution in [-0.2, 0) is 6.42 Å². The van der Waals surface area contributed by atoms with E-state index in [-0.39, 0.29) is 5.78 Å². The Morgan fingerprint density at radius 2 is 2.36 bits per heavy atom. The minimum Gasteiger partial charge on any atom is -0.294 e. The highest BCUT2D eigenvalue weighted by atomic mass is 16.1. The van der Waals surface area contributed by atoms with Crippen LogP contribution < -0.4 is 0 Å². The van der Waals surface area contributed by atoms with Crippen molar-refractivity contribution in [2.24, 2.45) is 0 Å². The maximum absolute atomic E-state index is 11.6. The van der Waals surface area contributed by atoms with Gasteiger partial charge in [-0.05, 0) is 12.1 Å². The number of carbonyl (C=O) groups is 1. The van der Waals surface area contributed by atoms with Gasteiger partial charge in [0.2, 0.25) is 0 Å². The molecular formula is C10H9N3O. The van der Waals surface area contributed by atoms with Crippen molar-refractivity contribution in [2.75, 3.05) is 0 Å². The van der Waals surface area contributed by atoms with E-state index in [2.05, 4.69) is 15.2 Å². The average Bonchev–Trinajstić information content (AvgIpc) is 2.72. The highest BCUT2D eigenvalue weighted by Crippen LogP contribution is 2.02. The maximum atomic E-state index is 11.6. The van der Waals surface area contributed by atoms with Crippen LogP contribution in [0.3, 0.4) is 0 Å². The van der Waals surface area contributed by atoms with Crippen LogP contribution in [0.5, 0.6) is 0 Å². The highest BCUT2D eigenvalue weighted by Gasteiger charge is 2.07. The van der Waals surface area contributed by atoms with Crippen LogP contribution >= 0.6 is 0 Å². The van der Waals surface area contributed by atoms with Gasteiger partial charge in [0.05, 0.1) is 18.2 Å². The standard InChI is InChI=1S/C10H9N3O/c14-10(8-6-12-13-7-8)5-9-3-1-2-4-11-9/h1-4,6-7H,5H2,(H,12,13). The van der Waals surface area contributed by atoms with Gasteiger partial charge in [-0.2, -0.15) is 5.10 Å². The molecule has 0 aliphatic rings.